The first-order valence-electron chi connectivity index (χ1n) is 16.2. The molecule has 44 heavy (non-hydrogen) atoms. The number of nitrogens with zero attached hydrogens (tertiary/aromatic N) is 4. The quantitative estimate of drug-likeness (QED) is 0.224. The molecule has 11 heteroatoms. The lowest BCUT2D eigenvalue weighted by molar-refractivity contribution is -0.156. The fraction of sp³-hybridized carbons (Fsp3) is 0.697. The molecule has 4 rings (SSSR count). The standard InChI is InChI=1S/C33H51N5O6/c1-33(2,3)29(34-30(40)26(22-38(43)23-39)21-24-7-5-6-8-24)32(42)36-15-13-28(14-16-36)44-27-11-9-25(10-12-27)31(41)37-19-17-35(4)18-20-37/h9-12,23-24,26,28-29,43H,5-8,13-22H2,1-4H3,(H,34,40)/t26-,29-/m1/s1. The van der Waals surface area contributed by atoms with Crippen LogP contribution in [0.15, 0.2) is 24.3 Å². The molecule has 2 aliphatic heterocycles. The van der Waals surface area contributed by atoms with Crippen LogP contribution in [0.5, 0.6) is 5.75 Å². The Labute approximate surface area is 261 Å². The van der Waals surface area contributed by atoms with Gasteiger partial charge in [-0.15, -0.1) is 0 Å². The van der Waals surface area contributed by atoms with E-state index >= 15 is 0 Å². The molecule has 1 aromatic rings. The lowest BCUT2D eigenvalue weighted by Gasteiger charge is -2.39. The summed E-state index contributed by atoms with van der Waals surface area (Å²) in [7, 11) is 2.06. The van der Waals surface area contributed by atoms with Gasteiger partial charge in [0.15, 0.2) is 0 Å². The predicted octanol–water partition coefficient (Wildman–Crippen LogP) is 3.02. The molecule has 2 saturated heterocycles. The third-order valence-electron chi connectivity index (χ3n) is 9.34. The van der Waals surface area contributed by atoms with Gasteiger partial charge in [0, 0.05) is 57.7 Å². The van der Waals surface area contributed by atoms with Crippen LogP contribution < -0.4 is 10.1 Å². The van der Waals surface area contributed by atoms with Crippen molar-refractivity contribution in [1.82, 2.24) is 25.1 Å². The molecule has 1 aromatic carbocycles. The first-order valence-corrected chi connectivity index (χ1v) is 16.2. The van der Waals surface area contributed by atoms with Crippen LogP contribution in [0.1, 0.15) is 76.1 Å². The first kappa shape index (κ1) is 33.7. The zero-order valence-corrected chi connectivity index (χ0v) is 26.9. The molecule has 1 saturated carbocycles. The van der Waals surface area contributed by atoms with E-state index in [4.69, 9.17) is 4.74 Å². The number of hydrogen-bond acceptors (Lipinski definition) is 7. The van der Waals surface area contributed by atoms with Gasteiger partial charge < -0.3 is 24.8 Å². The second kappa shape index (κ2) is 15.2. The van der Waals surface area contributed by atoms with Crippen molar-refractivity contribution in [3.05, 3.63) is 29.8 Å². The fourth-order valence-electron chi connectivity index (χ4n) is 6.53. The van der Waals surface area contributed by atoms with Crippen molar-refractivity contribution >= 4 is 24.1 Å². The summed E-state index contributed by atoms with van der Waals surface area (Å²) in [4.78, 5) is 57.1. The molecule has 3 aliphatic rings. The third-order valence-corrected chi connectivity index (χ3v) is 9.34. The number of likely N-dealkylation sites (N-methyl/N-ethyl adjacent to an activating group) is 1. The van der Waals surface area contributed by atoms with E-state index in [9.17, 15) is 24.4 Å². The SMILES string of the molecule is CN1CCN(C(=O)c2ccc(OC3CCN(C(=O)[C@@H](NC(=O)[C@H](CC4CCCC4)CN(O)C=O)C(C)(C)C)CC3)cc2)CC1. The average molecular weight is 614 g/mol. The lowest BCUT2D eigenvalue weighted by atomic mass is 9.84. The molecule has 0 spiro atoms. The van der Waals surface area contributed by atoms with Gasteiger partial charge in [-0.3, -0.25) is 24.4 Å². The Morgan fingerprint density at radius 2 is 1.59 bits per heavy atom. The van der Waals surface area contributed by atoms with Gasteiger partial charge in [0.25, 0.3) is 5.91 Å². The molecule has 0 unspecified atom stereocenters. The van der Waals surface area contributed by atoms with Crippen LogP contribution in [-0.4, -0.2) is 114 Å². The van der Waals surface area contributed by atoms with Crippen molar-refractivity contribution in [3.63, 3.8) is 0 Å². The Morgan fingerprint density at radius 3 is 2.16 bits per heavy atom. The molecule has 3 fully saturated rings. The lowest BCUT2D eigenvalue weighted by Crippen LogP contribution is -2.58. The molecule has 0 bridgehead atoms. The maximum absolute atomic E-state index is 13.8. The second-order valence-electron chi connectivity index (χ2n) is 13.9. The molecule has 2 N–H and O–H groups in total. The van der Waals surface area contributed by atoms with E-state index in [-0.39, 0.29) is 30.4 Å². The van der Waals surface area contributed by atoms with Crippen molar-refractivity contribution in [2.24, 2.45) is 17.3 Å². The molecular formula is C33H51N5O6. The number of amides is 4. The molecule has 244 valence electrons. The smallest absolute Gasteiger partial charge is 0.253 e. The van der Waals surface area contributed by atoms with Crippen LogP contribution in [0.4, 0.5) is 0 Å². The minimum absolute atomic E-state index is 0.0410. The summed E-state index contributed by atoms with van der Waals surface area (Å²) in [5, 5.41) is 13.4. The van der Waals surface area contributed by atoms with Crippen LogP contribution in [0.25, 0.3) is 0 Å². The molecule has 11 nitrogen and oxygen atoms in total. The second-order valence-corrected chi connectivity index (χ2v) is 13.9. The summed E-state index contributed by atoms with van der Waals surface area (Å²) in [5.74, 6) is 0.0895. The normalized spacial score (nSPS) is 20.2. The topological polar surface area (TPSA) is 123 Å². The summed E-state index contributed by atoms with van der Waals surface area (Å²) >= 11 is 0. The fourth-order valence-corrected chi connectivity index (χ4v) is 6.53. The number of ether oxygens (including phenoxy) is 1. The Morgan fingerprint density at radius 1 is 0.977 bits per heavy atom. The summed E-state index contributed by atoms with van der Waals surface area (Å²) in [6.07, 6.45) is 6.47. The highest BCUT2D eigenvalue weighted by Gasteiger charge is 2.39. The highest BCUT2D eigenvalue weighted by molar-refractivity contribution is 5.94. The Hall–Kier alpha value is -3.18. The molecule has 2 atom stereocenters. The van der Waals surface area contributed by atoms with Gasteiger partial charge >= 0.3 is 0 Å². The van der Waals surface area contributed by atoms with Gasteiger partial charge in [-0.1, -0.05) is 46.5 Å². The van der Waals surface area contributed by atoms with E-state index in [2.05, 4.69) is 17.3 Å². The number of carbonyl (C=O) groups excluding carboxylic acids is 4. The number of hydroxylamine groups is 2. The number of likely N-dealkylation sites (tertiary alicyclic amines) is 1. The van der Waals surface area contributed by atoms with Gasteiger partial charge in [0.2, 0.25) is 18.2 Å². The number of benzene rings is 1. The van der Waals surface area contributed by atoms with Crippen molar-refractivity contribution in [2.75, 3.05) is 52.9 Å². The summed E-state index contributed by atoms with van der Waals surface area (Å²) in [6.45, 7) is 9.92. The third kappa shape index (κ3) is 9.17. The number of piperidine rings is 1. The van der Waals surface area contributed by atoms with E-state index in [1.165, 1.54) is 0 Å². The van der Waals surface area contributed by atoms with E-state index in [0.29, 0.717) is 61.1 Å². The predicted molar refractivity (Wildman–Crippen MR) is 166 cm³/mol. The zero-order valence-electron chi connectivity index (χ0n) is 26.9. The van der Waals surface area contributed by atoms with Crippen LogP contribution in [0, 0.1) is 17.3 Å². The van der Waals surface area contributed by atoms with Gasteiger partial charge in [-0.25, -0.2) is 5.06 Å². The highest BCUT2D eigenvalue weighted by atomic mass is 16.5. The molecular weight excluding hydrogens is 562 g/mol. The summed E-state index contributed by atoms with van der Waals surface area (Å²) in [5.41, 5.74) is 0.117. The molecule has 0 radical (unpaired) electrons. The van der Waals surface area contributed by atoms with Crippen LogP contribution in [-0.2, 0) is 14.4 Å². The Bertz CT molecular complexity index is 1120. The van der Waals surface area contributed by atoms with Crippen LogP contribution >= 0.6 is 0 Å². The van der Waals surface area contributed by atoms with Gasteiger partial charge in [-0.05, 0) is 49.1 Å². The highest BCUT2D eigenvalue weighted by Crippen LogP contribution is 2.31. The first-order chi connectivity index (χ1) is 20.9. The van der Waals surface area contributed by atoms with E-state index in [0.717, 1.165) is 51.9 Å². The Balaban J connectivity index is 1.30. The number of rotatable bonds is 11. The monoisotopic (exact) mass is 613 g/mol. The van der Waals surface area contributed by atoms with E-state index < -0.39 is 17.4 Å². The van der Waals surface area contributed by atoms with Crippen molar-refractivity contribution in [3.8, 4) is 5.75 Å². The van der Waals surface area contributed by atoms with E-state index in [1.807, 2.05) is 49.9 Å². The number of nitrogens with one attached hydrogen (secondary N) is 1. The maximum Gasteiger partial charge on any atom is 0.253 e. The minimum Gasteiger partial charge on any atom is -0.490 e. The Kier molecular flexibility index (Phi) is 11.6. The largest absolute Gasteiger partial charge is 0.490 e. The van der Waals surface area contributed by atoms with Crippen molar-refractivity contribution < 1.29 is 29.1 Å². The van der Waals surface area contributed by atoms with Crippen molar-refractivity contribution in [1.29, 1.82) is 0 Å². The average Bonchev–Trinajstić information content (AvgIpc) is 3.52. The summed E-state index contributed by atoms with van der Waals surface area (Å²) < 4.78 is 6.22. The van der Waals surface area contributed by atoms with Gasteiger partial charge in [0.05, 0.1) is 12.5 Å². The maximum atomic E-state index is 13.8. The molecule has 4 amide bonds. The number of carbonyl (C=O) groups is 4. The minimum atomic E-state index is -0.743. The summed E-state index contributed by atoms with van der Waals surface area (Å²) in [6, 6.07) is 6.57. The van der Waals surface area contributed by atoms with Crippen LogP contribution in [0.3, 0.4) is 0 Å². The van der Waals surface area contributed by atoms with E-state index in [1.54, 1.807) is 4.90 Å². The van der Waals surface area contributed by atoms with Gasteiger partial charge in [-0.2, -0.15) is 0 Å². The van der Waals surface area contributed by atoms with Crippen molar-refractivity contribution in [2.45, 2.75) is 77.9 Å². The zero-order chi connectivity index (χ0) is 31.9. The number of hydrogen-bond donors (Lipinski definition) is 2. The molecule has 2 heterocycles. The number of piperazine rings is 1. The van der Waals surface area contributed by atoms with Crippen LogP contribution in [0.2, 0.25) is 0 Å². The molecule has 0 aromatic heterocycles. The molecule has 1 aliphatic carbocycles. The van der Waals surface area contributed by atoms with Gasteiger partial charge in [0.1, 0.15) is 17.9 Å².